The summed E-state index contributed by atoms with van der Waals surface area (Å²) in [4.78, 5) is 11.5. The highest BCUT2D eigenvalue weighted by atomic mass is 16.6. The van der Waals surface area contributed by atoms with Gasteiger partial charge >= 0.3 is 5.97 Å². The molecule has 9 nitrogen and oxygen atoms in total. The summed E-state index contributed by atoms with van der Waals surface area (Å²) in [7, 11) is 0. The maximum Gasteiger partial charge on any atom is 0.305 e. The topological polar surface area (TPSA) is 90.9 Å². The Kier molecular flexibility index (Phi) is 26.7. The van der Waals surface area contributed by atoms with Gasteiger partial charge in [-0.05, 0) is 6.42 Å². The highest BCUT2D eigenvalue weighted by Gasteiger charge is 2.02. The average molecular weight is 465 g/mol. The maximum absolute atomic E-state index is 11.5. The van der Waals surface area contributed by atoms with Gasteiger partial charge in [0.2, 0.25) is 0 Å². The molecule has 0 amide bonds. The van der Waals surface area contributed by atoms with Crippen LogP contribution in [-0.2, 0) is 42.7 Å². The summed E-state index contributed by atoms with van der Waals surface area (Å²) in [6.07, 6.45) is 6.18. The van der Waals surface area contributed by atoms with Crippen molar-refractivity contribution < 1.29 is 42.7 Å². The molecule has 0 saturated carbocycles. The molecule has 0 heterocycles. The van der Waals surface area contributed by atoms with Crippen molar-refractivity contribution in [3.8, 4) is 0 Å². The zero-order chi connectivity index (χ0) is 23.4. The van der Waals surface area contributed by atoms with Crippen molar-refractivity contribution >= 4 is 5.97 Å². The van der Waals surface area contributed by atoms with E-state index in [1.54, 1.807) is 0 Å². The predicted molar refractivity (Wildman–Crippen MR) is 121 cm³/mol. The fourth-order valence-electron chi connectivity index (χ4n) is 2.37. The van der Waals surface area contributed by atoms with E-state index in [9.17, 15) is 4.79 Å². The third kappa shape index (κ3) is 26.8. The van der Waals surface area contributed by atoms with E-state index in [-0.39, 0.29) is 5.97 Å². The lowest BCUT2D eigenvalue weighted by atomic mass is 10.2. The summed E-state index contributed by atoms with van der Waals surface area (Å²) in [6.45, 7) is 12.4. The Balaban J connectivity index is 3.08. The lowest BCUT2D eigenvalue weighted by Crippen LogP contribution is -2.15. The molecule has 0 fully saturated rings. The molecule has 0 aromatic heterocycles. The smallest absolute Gasteiger partial charge is 0.305 e. The Labute approximate surface area is 193 Å². The number of hydrogen-bond donors (Lipinski definition) is 0. The van der Waals surface area contributed by atoms with Gasteiger partial charge in [-0.1, -0.05) is 32.8 Å². The molecular formula is C23H44O9. The average Bonchev–Trinajstić information content (AvgIpc) is 2.80. The first-order valence-corrected chi connectivity index (χ1v) is 11.7. The molecule has 0 N–H and O–H groups in total. The van der Waals surface area contributed by atoms with E-state index in [0.717, 1.165) is 25.7 Å². The summed E-state index contributed by atoms with van der Waals surface area (Å²) in [6, 6.07) is 0. The van der Waals surface area contributed by atoms with Crippen molar-refractivity contribution in [1.82, 2.24) is 0 Å². The molecule has 0 rings (SSSR count). The predicted octanol–water partition coefficient (Wildman–Crippen LogP) is 2.76. The van der Waals surface area contributed by atoms with Crippen molar-refractivity contribution in [2.24, 2.45) is 0 Å². The van der Waals surface area contributed by atoms with Gasteiger partial charge in [-0.25, -0.2) is 0 Å². The van der Waals surface area contributed by atoms with Gasteiger partial charge in [-0.2, -0.15) is 0 Å². The Morgan fingerprint density at radius 1 is 0.594 bits per heavy atom. The van der Waals surface area contributed by atoms with Crippen LogP contribution in [0.3, 0.4) is 0 Å². The highest BCUT2D eigenvalue weighted by Crippen LogP contribution is 2.03. The first-order valence-electron chi connectivity index (χ1n) is 11.7. The summed E-state index contributed by atoms with van der Waals surface area (Å²) in [5.74, 6) is -0.148. The zero-order valence-electron chi connectivity index (χ0n) is 19.9. The van der Waals surface area contributed by atoms with Crippen LogP contribution in [0.2, 0.25) is 0 Å². The SMILES string of the molecule is C=COCCOCCOCCOCCOCCOCCOCCOC(=O)CCCCCC. The molecule has 32 heavy (non-hydrogen) atoms. The Morgan fingerprint density at radius 2 is 1.00 bits per heavy atom. The second kappa shape index (κ2) is 27.8. The van der Waals surface area contributed by atoms with Crippen LogP contribution in [0.5, 0.6) is 0 Å². The Morgan fingerprint density at radius 3 is 1.41 bits per heavy atom. The van der Waals surface area contributed by atoms with Gasteiger partial charge in [0, 0.05) is 6.42 Å². The summed E-state index contributed by atoms with van der Waals surface area (Å²) in [5, 5.41) is 0. The van der Waals surface area contributed by atoms with Crippen LogP contribution in [0.25, 0.3) is 0 Å². The minimum atomic E-state index is -0.148. The largest absolute Gasteiger partial charge is 0.499 e. The molecule has 0 aliphatic carbocycles. The van der Waals surface area contributed by atoms with E-state index < -0.39 is 0 Å². The van der Waals surface area contributed by atoms with Gasteiger partial charge in [-0.3, -0.25) is 4.79 Å². The van der Waals surface area contributed by atoms with E-state index in [4.69, 9.17) is 37.9 Å². The standard InChI is InChI=1S/C23H44O9/c1-3-5-6-7-8-23(24)32-22-21-31-20-19-30-18-17-29-16-15-28-14-13-27-12-11-26-10-9-25-4-2/h4H,2-3,5-22H2,1H3. The first kappa shape index (κ1) is 30.8. The molecule has 0 bridgehead atoms. The quantitative estimate of drug-likeness (QED) is 0.103. The monoisotopic (exact) mass is 464 g/mol. The molecule has 0 radical (unpaired) electrons. The molecule has 0 saturated heterocycles. The molecule has 0 unspecified atom stereocenters. The van der Waals surface area contributed by atoms with Gasteiger partial charge in [-0.15, -0.1) is 0 Å². The minimum absolute atomic E-state index is 0.148. The normalized spacial score (nSPS) is 10.9. The number of hydrogen-bond acceptors (Lipinski definition) is 9. The minimum Gasteiger partial charge on any atom is -0.499 e. The molecule has 9 heteroatoms. The molecule has 0 aromatic rings. The van der Waals surface area contributed by atoms with Crippen LogP contribution in [0.15, 0.2) is 12.8 Å². The second-order valence-corrected chi connectivity index (χ2v) is 6.74. The van der Waals surface area contributed by atoms with E-state index in [0.29, 0.717) is 98.9 Å². The summed E-state index contributed by atoms with van der Waals surface area (Å²) >= 11 is 0. The Hall–Kier alpha value is -1.23. The van der Waals surface area contributed by atoms with Crippen molar-refractivity contribution in [2.75, 3.05) is 92.5 Å². The van der Waals surface area contributed by atoms with Gasteiger partial charge in [0.15, 0.2) is 0 Å². The fraction of sp³-hybridized carbons (Fsp3) is 0.870. The number of rotatable bonds is 27. The maximum atomic E-state index is 11.5. The van der Waals surface area contributed by atoms with Crippen LogP contribution in [0.1, 0.15) is 39.0 Å². The number of carbonyl (C=O) groups excluding carboxylic acids is 1. The van der Waals surface area contributed by atoms with E-state index in [1.165, 1.54) is 6.26 Å². The van der Waals surface area contributed by atoms with Gasteiger partial charge < -0.3 is 37.9 Å². The fourth-order valence-corrected chi connectivity index (χ4v) is 2.37. The molecule has 190 valence electrons. The summed E-state index contributed by atoms with van der Waals surface area (Å²) < 4.78 is 42.3. The van der Waals surface area contributed by atoms with Gasteiger partial charge in [0.1, 0.15) is 13.2 Å². The van der Waals surface area contributed by atoms with Crippen molar-refractivity contribution in [3.05, 3.63) is 12.8 Å². The third-order valence-corrected chi connectivity index (χ3v) is 4.05. The number of ether oxygens (including phenoxy) is 8. The molecule has 0 spiro atoms. The second-order valence-electron chi connectivity index (χ2n) is 6.74. The zero-order valence-corrected chi connectivity index (χ0v) is 19.9. The number of unbranched alkanes of at least 4 members (excludes halogenated alkanes) is 3. The lowest BCUT2D eigenvalue weighted by Gasteiger charge is -2.08. The van der Waals surface area contributed by atoms with Gasteiger partial charge in [0.25, 0.3) is 0 Å². The summed E-state index contributed by atoms with van der Waals surface area (Å²) in [5.41, 5.74) is 0. The highest BCUT2D eigenvalue weighted by molar-refractivity contribution is 5.69. The van der Waals surface area contributed by atoms with E-state index >= 15 is 0 Å². The van der Waals surface area contributed by atoms with Crippen LogP contribution in [0, 0.1) is 0 Å². The van der Waals surface area contributed by atoms with Crippen molar-refractivity contribution in [3.63, 3.8) is 0 Å². The third-order valence-electron chi connectivity index (χ3n) is 4.05. The van der Waals surface area contributed by atoms with E-state index in [1.807, 2.05) is 0 Å². The van der Waals surface area contributed by atoms with Crippen molar-refractivity contribution in [2.45, 2.75) is 39.0 Å². The molecule has 0 aromatic carbocycles. The number of esters is 1. The van der Waals surface area contributed by atoms with Crippen LogP contribution in [0.4, 0.5) is 0 Å². The van der Waals surface area contributed by atoms with Crippen LogP contribution >= 0.6 is 0 Å². The van der Waals surface area contributed by atoms with E-state index in [2.05, 4.69) is 13.5 Å². The van der Waals surface area contributed by atoms with Crippen molar-refractivity contribution in [1.29, 1.82) is 0 Å². The first-order chi connectivity index (χ1) is 15.8. The number of carbonyl (C=O) groups is 1. The van der Waals surface area contributed by atoms with Crippen LogP contribution in [-0.4, -0.2) is 98.5 Å². The lowest BCUT2D eigenvalue weighted by molar-refractivity contribution is -0.145. The molecule has 0 aliphatic heterocycles. The molecular weight excluding hydrogens is 420 g/mol. The molecule has 0 atom stereocenters. The Bertz CT molecular complexity index is 394. The van der Waals surface area contributed by atoms with Crippen LogP contribution < -0.4 is 0 Å². The molecule has 0 aliphatic rings. The van der Waals surface area contributed by atoms with Gasteiger partial charge in [0.05, 0.1) is 85.5 Å².